The summed E-state index contributed by atoms with van der Waals surface area (Å²) in [5.74, 6) is 2.39. The van der Waals surface area contributed by atoms with Gasteiger partial charge in [0.25, 0.3) is 0 Å². The number of anilines is 1. The van der Waals surface area contributed by atoms with E-state index in [0.717, 1.165) is 17.3 Å². The summed E-state index contributed by atoms with van der Waals surface area (Å²) < 4.78 is 0. The fourth-order valence-corrected chi connectivity index (χ4v) is 2.02. The smallest absolute Gasteiger partial charge is 0.147 e. The SMILES string of the molecule is CSCC(C)N(C)c1cnc(CCl)cn1. The molecule has 0 saturated heterocycles. The van der Waals surface area contributed by atoms with Crippen LogP contribution < -0.4 is 4.90 Å². The molecule has 0 aliphatic rings. The predicted octanol–water partition coefficient (Wildman–Crippen LogP) is 2.40. The van der Waals surface area contributed by atoms with Gasteiger partial charge < -0.3 is 4.90 Å². The van der Waals surface area contributed by atoms with Crippen molar-refractivity contribution in [1.82, 2.24) is 9.97 Å². The van der Waals surface area contributed by atoms with Gasteiger partial charge in [0.1, 0.15) is 5.82 Å². The summed E-state index contributed by atoms with van der Waals surface area (Å²) >= 11 is 7.48. The number of thioether (sulfide) groups is 1. The largest absolute Gasteiger partial charge is 0.355 e. The lowest BCUT2D eigenvalue weighted by atomic mass is 10.3. The van der Waals surface area contributed by atoms with Crippen molar-refractivity contribution in [2.24, 2.45) is 0 Å². The molecule has 0 fully saturated rings. The molecule has 1 aromatic rings. The van der Waals surface area contributed by atoms with Crippen molar-refractivity contribution in [1.29, 1.82) is 0 Å². The van der Waals surface area contributed by atoms with Crippen LogP contribution in [0.5, 0.6) is 0 Å². The Morgan fingerprint density at radius 2 is 2.20 bits per heavy atom. The van der Waals surface area contributed by atoms with Gasteiger partial charge >= 0.3 is 0 Å². The first-order valence-corrected chi connectivity index (χ1v) is 6.70. The monoisotopic (exact) mass is 245 g/mol. The van der Waals surface area contributed by atoms with Crippen LogP contribution >= 0.6 is 23.4 Å². The van der Waals surface area contributed by atoms with Crippen molar-refractivity contribution >= 4 is 29.2 Å². The highest BCUT2D eigenvalue weighted by molar-refractivity contribution is 7.98. The Kier molecular flexibility index (Phi) is 5.19. The number of alkyl halides is 1. The molecule has 15 heavy (non-hydrogen) atoms. The van der Waals surface area contributed by atoms with Gasteiger partial charge in [0.05, 0.1) is 24.0 Å². The van der Waals surface area contributed by atoms with Gasteiger partial charge in [-0.3, -0.25) is 4.98 Å². The molecule has 0 spiro atoms. The Labute approximate surface area is 100 Å². The first-order chi connectivity index (χ1) is 7.19. The fourth-order valence-electron chi connectivity index (χ4n) is 1.18. The van der Waals surface area contributed by atoms with Crippen LogP contribution in [0.1, 0.15) is 12.6 Å². The predicted molar refractivity (Wildman–Crippen MR) is 67.8 cm³/mol. The molecular weight excluding hydrogens is 230 g/mol. The Balaban J connectivity index is 2.69. The molecule has 84 valence electrons. The number of hydrogen-bond donors (Lipinski definition) is 0. The molecule has 1 aromatic heterocycles. The first-order valence-electron chi connectivity index (χ1n) is 4.77. The van der Waals surface area contributed by atoms with Gasteiger partial charge in [-0.25, -0.2) is 4.98 Å². The molecule has 0 aliphatic carbocycles. The van der Waals surface area contributed by atoms with Crippen LogP contribution in [0.15, 0.2) is 12.4 Å². The summed E-state index contributed by atoms with van der Waals surface area (Å²) in [4.78, 5) is 10.7. The van der Waals surface area contributed by atoms with E-state index in [1.807, 2.05) is 18.8 Å². The highest BCUT2D eigenvalue weighted by atomic mass is 35.5. The van der Waals surface area contributed by atoms with Crippen LogP contribution in [0.2, 0.25) is 0 Å². The molecule has 0 radical (unpaired) electrons. The molecule has 1 rings (SSSR count). The number of halogens is 1. The number of hydrogen-bond acceptors (Lipinski definition) is 4. The molecule has 5 heteroatoms. The molecule has 0 aliphatic heterocycles. The van der Waals surface area contributed by atoms with Crippen LogP contribution in [-0.4, -0.2) is 35.1 Å². The summed E-state index contributed by atoms with van der Waals surface area (Å²) in [6, 6.07) is 0.455. The van der Waals surface area contributed by atoms with Crippen LogP contribution in [-0.2, 0) is 5.88 Å². The third-order valence-electron chi connectivity index (χ3n) is 2.26. The molecule has 0 saturated carbocycles. The number of nitrogens with zero attached hydrogens (tertiary/aromatic N) is 3. The molecule has 1 heterocycles. The number of rotatable bonds is 5. The normalized spacial score (nSPS) is 12.5. The second-order valence-electron chi connectivity index (χ2n) is 3.41. The zero-order chi connectivity index (χ0) is 11.3. The van der Waals surface area contributed by atoms with Gasteiger partial charge in [-0.1, -0.05) is 0 Å². The molecule has 0 aromatic carbocycles. The molecule has 1 unspecified atom stereocenters. The van der Waals surface area contributed by atoms with Crippen LogP contribution in [0.25, 0.3) is 0 Å². The van der Waals surface area contributed by atoms with E-state index < -0.39 is 0 Å². The van der Waals surface area contributed by atoms with E-state index in [1.54, 1.807) is 12.4 Å². The van der Waals surface area contributed by atoms with Crippen molar-refractivity contribution in [2.75, 3.05) is 24.0 Å². The third kappa shape index (κ3) is 3.54. The van der Waals surface area contributed by atoms with E-state index in [0.29, 0.717) is 11.9 Å². The third-order valence-corrected chi connectivity index (χ3v) is 3.35. The van der Waals surface area contributed by atoms with Gasteiger partial charge in [-0.15, -0.1) is 11.6 Å². The minimum atomic E-state index is 0.414. The van der Waals surface area contributed by atoms with E-state index in [4.69, 9.17) is 11.6 Å². The van der Waals surface area contributed by atoms with Gasteiger partial charge in [-0.2, -0.15) is 11.8 Å². The second kappa shape index (κ2) is 6.18. The minimum absolute atomic E-state index is 0.414. The average molecular weight is 246 g/mol. The highest BCUT2D eigenvalue weighted by Crippen LogP contribution is 2.13. The van der Waals surface area contributed by atoms with E-state index in [2.05, 4.69) is 28.0 Å². The lowest BCUT2D eigenvalue weighted by molar-refractivity contribution is 0.749. The molecule has 0 N–H and O–H groups in total. The van der Waals surface area contributed by atoms with Crippen LogP contribution in [0.4, 0.5) is 5.82 Å². The van der Waals surface area contributed by atoms with Crippen molar-refractivity contribution in [2.45, 2.75) is 18.8 Å². The van der Waals surface area contributed by atoms with E-state index in [-0.39, 0.29) is 0 Å². The maximum Gasteiger partial charge on any atom is 0.147 e. The summed E-state index contributed by atoms with van der Waals surface area (Å²) in [5, 5.41) is 0. The molecular formula is C10H16ClN3S. The van der Waals surface area contributed by atoms with E-state index in [9.17, 15) is 0 Å². The summed E-state index contributed by atoms with van der Waals surface area (Å²) in [7, 11) is 2.03. The molecule has 0 amide bonds. The molecule has 1 atom stereocenters. The van der Waals surface area contributed by atoms with Gasteiger partial charge in [-0.05, 0) is 13.2 Å². The molecule has 3 nitrogen and oxygen atoms in total. The second-order valence-corrected chi connectivity index (χ2v) is 4.59. The van der Waals surface area contributed by atoms with Crippen molar-refractivity contribution in [3.8, 4) is 0 Å². The van der Waals surface area contributed by atoms with E-state index in [1.165, 1.54) is 0 Å². The lowest BCUT2D eigenvalue weighted by Gasteiger charge is -2.24. The number of aromatic nitrogens is 2. The van der Waals surface area contributed by atoms with Gasteiger partial charge in [0, 0.05) is 18.8 Å². The van der Waals surface area contributed by atoms with Crippen molar-refractivity contribution < 1.29 is 0 Å². The highest BCUT2D eigenvalue weighted by Gasteiger charge is 2.10. The van der Waals surface area contributed by atoms with Gasteiger partial charge in [0.15, 0.2) is 0 Å². The van der Waals surface area contributed by atoms with Crippen molar-refractivity contribution in [3.63, 3.8) is 0 Å². The lowest BCUT2D eigenvalue weighted by Crippen LogP contribution is -2.31. The zero-order valence-electron chi connectivity index (χ0n) is 9.27. The van der Waals surface area contributed by atoms with E-state index >= 15 is 0 Å². The Bertz CT molecular complexity index is 291. The van der Waals surface area contributed by atoms with Gasteiger partial charge in [0.2, 0.25) is 0 Å². The maximum absolute atomic E-state index is 5.65. The fraction of sp³-hybridized carbons (Fsp3) is 0.600. The molecule has 0 bridgehead atoms. The van der Waals surface area contributed by atoms with Crippen LogP contribution in [0, 0.1) is 0 Å². The summed E-state index contributed by atoms with van der Waals surface area (Å²) in [5.41, 5.74) is 0.811. The quantitative estimate of drug-likeness (QED) is 0.745. The maximum atomic E-state index is 5.65. The Morgan fingerprint density at radius 3 is 2.67 bits per heavy atom. The minimum Gasteiger partial charge on any atom is -0.355 e. The first kappa shape index (κ1) is 12.6. The topological polar surface area (TPSA) is 29.0 Å². The summed E-state index contributed by atoms with van der Waals surface area (Å²) in [6.07, 6.45) is 5.60. The summed E-state index contributed by atoms with van der Waals surface area (Å²) in [6.45, 7) is 2.17. The average Bonchev–Trinajstić information content (AvgIpc) is 2.28. The Morgan fingerprint density at radius 1 is 1.47 bits per heavy atom. The van der Waals surface area contributed by atoms with Crippen molar-refractivity contribution in [3.05, 3.63) is 18.1 Å². The zero-order valence-corrected chi connectivity index (χ0v) is 10.8. The standard InChI is InChI=1S/C10H16ClN3S/c1-8(7-15-3)14(2)10-6-12-9(4-11)5-13-10/h5-6,8H,4,7H2,1-3H3. The van der Waals surface area contributed by atoms with Crippen LogP contribution in [0.3, 0.4) is 0 Å². The Hall–Kier alpha value is -0.480.